The maximum atomic E-state index is 13.0. The lowest BCUT2D eigenvalue weighted by molar-refractivity contribution is -0.0228. The molecule has 5 heteroatoms. The van der Waals surface area contributed by atoms with E-state index in [2.05, 4.69) is 0 Å². The summed E-state index contributed by atoms with van der Waals surface area (Å²) >= 11 is 0. The molecule has 1 atom stereocenters. The van der Waals surface area contributed by atoms with E-state index in [4.69, 9.17) is 14.2 Å². The van der Waals surface area contributed by atoms with Gasteiger partial charge in [-0.05, 0) is 37.6 Å². The molecule has 0 bridgehead atoms. The first-order valence-corrected chi connectivity index (χ1v) is 9.08. The average molecular weight is 355 g/mol. The molecule has 0 aliphatic carbocycles. The first kappa shape index (κ1) is 18.3. The minimum atomic E-state index is -0.0945. The number of ether oxygens (including phenoxy) is 3. The number of amides is 1. The van der Waals surface area contributed by atoms with Crippen molar-refractivity contribution in [1.29, 1.82) is 0 Å². The van der Waals surface area contributed by atoms with Crippen LogP contribution in [0.1, 0.15) is 35.9 Å². The number of carbonyl (C=O) groups excluding carboxylic acids is 1. The van der Waals surface area contributed by atoms with Gasteiger partial charge in [-0.1, -0.05) is 30.3 Å². The molecule has 1 amide bonds. The van der Waals surface area contributed by atoms with Gasteiger partial charge in [0.1, 0.15) is 6.10 Å². The Morgan fingerprint density at radius 1 is 1.08 bits per heavy atom. The Hall–Kier alpha value is -2.53. The van der Waals surface area contributed by atoms with E-state index in [-0.39, 0.29) is 12.0 Å². The molecule has 1 heterocycles. The summed E-state index contributed by atoms with van der Waals surface area (Å²) in [5, 5.41) is 0. The molecule has 2 aromatic carbocycles. The van der Waals surface area contributed by atoms with Gasteiger partial charge in [-0.3, -0.25) is 4.79 Å². The fourth-order valence-electron chi connectivity index (χ4n) is 3.07. The number of carbonyl (C=O) groups is 1. The zero-order valence-corrected chi connectivity index (χ0v) is 15.3. The van der Waals surface area contributed by atoms with Crippen LogP contribution in [0.4, 0.5) is 0 Å². The molecule has 1 fully saturated rings. The van der Waals surface area contributed by atoms with Crippen LogP contribution >= 0.6 is 0 Å². The van der Waals surface area contributed by atoms with Crippen molar-refractivity contribution < 1.29 is 19.0 Å². The van der Waals surface area contributed by atoms with Crippen molar-refractivity contribution >= 4 is 5.91 Å². The van der Waals surface area contributed by atoms with E-state index in [1.807, 2.05) is 49.1 Å². The lowest BCUT2D eigenvalue weighted by Gasteiger charge is -2.33. The molecule has 0 saturated carbocycles. The lowest BCUT2D eigenvalue weighted by Crippen LogP contribution is -2.42. The zero-order valence-electron chi connectivity index (χ0n) is 15.3. The van der Waals surface area contributed by atoms with Crippen molar-refractivity contribution in [3.8, 4) is 11.5 Å². The molecule has 0 spiro atoms. The third kappa shape index (κ3) is 4.17. The normalized spacial score (nSPS) is 17.0. The first-order chi connectivity index (χ1) is 12.7. The second-order valence-corrected chi connectivity index (χ2v) is 6.05. The molecule has 0 radical (unpaired) electrons. The maximum Gasteiger partial charge on any atom is 0.254 e. The van der Waals surface area contributed by atoms with E-state index < -0.39 is 0 Å². The molecule has 1 aliphatic rings. The third-order valence-corrected chi connectivity index (χ3v) is 4.32. The highest BCUT2D eigenvalue weighted by molar-refractivity contribution is 5.95. The number of hydrogen-bond acceptors (Lipinski definition) is 4. The summed E-state index contributed by atoms with van der Waals surface area (Å²) in [7, 11) is 0. The van der Waals surface area contributed by atoms with Crippen LogP contribution in [0.25, 0.3) is 0 Å². The van der Waals surface area contributed by atoms with E-state index in [0.29, 0.717) is 50.0 Å². The Labute approximate surface area is 154 Å². The van der Waals surface area contributed by atoms with Crippen LogP contribution in [0.15, 0.2) is 48.5 Å². The monoisotopic (exact) mass is 355 g/mol. The standard InChI is InChI=1S/C21H25NO4/c1-3-24-18-11-10-17(14-19(18)25-4-2)21(23)22-12-13-26-20(15-22)16-8-6-5-7-9-16/h5-11,14,20H,3-4,12-13,15H2,1-2H3/t20-/m0/s1. The molecule has 138 valence electrons. The van der Waals surface area contributed by atoms with Crippen LogP contribution in [0.5, 0.6) is 11.5 Å². The predicted octanol–water partition coefficient (Wildman–Crippen LogP) is 3.70. The van der Waals surface area contributed by atoms with Crippen molar-refractivity contribution in [3.63, 3.8) is 0 Å². The van der Waals surface area contributed by atoms with Gasteiger partial charge in [-0.25, -0.2) is 0 Å². The Morgan fingerprint density at radius 3 is 2.54 bits per heavy atom. The summed E-state index contributed by atoms with van der Waals surface area (Å²) < 4.78 is 17.1. The highest BCUT2D eigenvalue weighted by Crippen LogP contribution is 2.30. The second kappa shape index (κ2) is 8.72. The first-order valence-electron chi connectivity index (χ1n) is 9.08. The van der Waals surface area contributed by atoms with Crippen LogP contribution in [-0.4, -0.2) is 43.7 Å². The number of nitrogens with zero attached hydrogens (tertiary/aromatic N) is 1. The maximum absolute atomic E-state index is 13.0. The molecule has 0 unspecified atom stereocenters. The molecular formula is C21H25NO4. The molecule has 3 rings (SSSR count). The molecule has 0 N–H and O–H groups in total. The van der Waals surface area contributed by atoms with Crippen molar-refractivity contribution in [2.75, 3.05) is 32.9 Å². The van der Waals surface area contributed by atoms with Gasteiger partial charge in [0.15, 0.2) is 11.5 Å². The summed E-state index contributed by atoms with van der Waals surface area (Å²) in [6.07, 6.45) is -0.0945. The molecule has 2 aromatic rings. The fourth-order valence-corrected chi connectivity index (χ4v) is 3.07. The summed E-state index contributed by atoms with van der Waals surface area (Å²) in [6.45, 7) is 6.56. The largest absolute Gasteiger partial charge is 0.490 e. The Bertz CT molecular complexity index is 732. The predicted molar refractivity (Wildman–Crippen MR) is 99.8 cm³/mol. The summed E-state index contributed by atoms with van der Waals surface area (Å²) in [6, 6.07) is 15.4. The van der Waals surface area contributed by atoms with Crippen LogP contribution in [-0.2, 0) is 4.74 Å². The highest BCUT2D eigenvalue weighted by atomic mass is 16.5. The summed E-state index contributed by atoms with van der Waals surface area (Å²) in [4.78, 5) is 14.8. The van der Waals surface area contributed by atoms with Crippen molar-refractivity contribution in [2.24, 2.45) is 0 Å². The van der Waals surface area contributed by atoms with Gasteiger partial charge in [0.05, 0.1) is 26.4 Å². The Balaban J connectivity index is 1.76. The Morgan fingerprint density at radius 2 is 1.81 bits per heavy atom. The number of morpholine rings is 1. The summed E-state index contributed by atoms with van der Waals surface area (Å²) in [5.74, 6) is 1.25. The second-order valence-electron chi connectivity index (χ2n) is 6.05. The molecule has 26 heavy (non-hydrogen) atoms. The highest BCUT2D eigenvalue weighted by Gasteiger charge is 2.26. The minimum absolute atomic E-state index is 0.0155. The van der Waals surface area contributed by atoms with Crippen molar-refractivity contribution in [2.45, 2.75) is 20.0 Å². The molecule has 1 aliphatic heterocycles. The lowest BCUT2D eigenvalue weighted by atomic mass is 10.1. The molecule has 1 saturated heterocycles. The van der Waals surface area contributed by atoms with Gasteiger partial charge < -0.3 is 19.1 Å². The SMILES string of the molecule is CCOc1ccc(C(=O)N2CCO[C@H](c3ccccc3)C2)cc1OCC. The van der Waals surface area contributed by atoms with Crippen molar-refractivity contribution in [1.82, 2.24) is 4.90 Å². The van der Waals surface area contributed by atoms with Gasteiger partial charge in [-0.15, -0.1) is 0 Å². The summed E-state index contributed by atoms with van der Waals surface area (Å²) in [5.41, 5.74) is 1.69. The number of benzene rings is 2. The van der Waals surface area contributed by atoms with Crippen LogP contribution in [0.2, 0.25) is 0 Å². The fraction of sp³-hybridized carbons (Fsp3) is 0.381. The van der Waals surface area contributed by atoms with Gasteiger partial charge >= 0.3 is 0 Å². The zero-order chi connectivity index (χ0) is 18.4. The van der Waals surface area contributed by atoms with Crippen molar-refractivity contribution in [3.05, 3.63) is 59.7 Å². The van der Waals surface area contributed by atoms with Crippen LogP contribution in [0.3, 0.4) is 0 Å². The van der Waals surface area contributed by atoms with Crippen LogP contribution in [0, 0.1) is 0 Å². The van der Waals surface area contributed by atoms with Gasteiger partial charge in [0.25, 0.3) is 5.91 Å². The van der Waals surface area contributed by atoms with E-state index in [1.165, 1.54) is 0 Å². The smallest absolute Gasteiger partial charge is 0.254 e. The number of hydrogen-bond donors (Lipinski definition) is 0. The van der Waals surface area contributed by atoms with E-state index in [1.54, 1.807) is 18.2 Å². The quantitative estimate of drug-likeness (QED) is 0.793. The van der Waals surface area contributed by atoms with Gasteiger partial charge in [-0.2, -0.15) is 0 Å². The minimum Gasteiger partial charge on any atom is -0.490 e. The number of rotatable bonds is 6. The van der Waals surface area contributed by atoms with Gasteiger partial charge in [0.2, 0.25) is 0 Å². The van der Waals surface area contributed by atoms with E-state index in [9.17, 15) is 4.79 Å². The topological polar surface area (TPSA) is 48.0 Å². The van der Waals surface area contributed by atoms with E-state index in [0.717, 1.165) is 5.56 Å². The third-order valence-electron chi connectivity index (χ3n) is 4.32. The molecule has 5 nitrogen and oxygen atoms in total. The Kier molecular flexibility index (Phi) is 6.12. The van der Waals surface area contributed by atoms with Gasteiger partial charge in [0, 0.05) is 12.1 Å². The van der Waals surface area contributed by atoms with Crippen LogP contribution < -0.4 is 9.47 Å². The molecule has 0 aromatic heterocycles. The molecular weight excluding hydrogens is 330 g/mol. The van der Waals surface area contributed by atoms with E-state index >= 15 is 0 Å². The average Bonchev–Trinajstić information content (AvgIpc) is 2.70.